The summed E-state index contributed by atoms with van der Waals surface area (Å²) in [6.07, 6.45) is 0.587. The van der Waals surface area contributed by atoms with E-state index >= 15 is 4.39 Å². The van der Waals surface area contributed by atoms with Crippen LogP contribution < -0.4 is 15.8 Å². The van der Waals surface area contributed by atoms with Crippen LogP contribution in [0.15, 0.2) is 60.7 Å². The van der Waals surface area contributed by atoms with Gasteiger partial charge < -0.3 is 25.6 Å². The van der Waals surface area contributed by atoms with Gasteiger partial charge in [0.2, 0.25) is 5.91 Å². The number of methoxy groups -OCH3 is 1. The zero-order valence-corrected chi connectivity index (χ0v) is 22.1. The minimum absolute atomic E-state index is 0.00364. The third-order valence-electron chi connectivity index (χ3n) is 6.04. The highest BCUT2D eigenvalue weighted by molar-refractivity contribution is 6.33. The van der Waals surface area contributed by atoms with E-state index in [0.717, 1.165) is 11.1 Å². The van der Waals surface area contributed by atoms with Gasteiger partial charge in [0.05, 0.1) is 17.8 Å². The summed E-state index contributed by atoms with van der Waals surface area (Å²) in [5.41, 5.74) is 7.12. The van der Waals surface area contributed by atoms with Crippen molar-refractivity contribution in [2.75, 3.05) is 33.4 Å². The van der Waals surface area contributed by atoms with Crippen molar-refractivity contribution < 1.29 is 23.8 Å². The third kappa shape index (κ3) is 7.76. The second kappa shape index (κ2) is 13.0. The number of nitrogens with two attached hydrogens (primary N) is 1. The summed E-state index contributed by atoms with van der Waals surface area (Å²) in [4.78, 5) is 12.2. The Morgan fingerprint density at radius 1 is 1.11 bits per heavy atom. The van der Waals surface area contributed by atoms with Crippen LogP contribution in [0.2, 0.25) is 5.02 Å². The van der Waals surface area contributed by atoms with Crippen molar-refractivity contribution >= 4 is 17.5 Å². The highest BCUT2D eigenvalue weighted by atomic mass is 35.5. The summed E-state index contributed by atoms with van der Waals surface area (Å²) in [5, 5.41) is 13.7. The van der Waals surface area contributed by atoms with E-state index in [2.05, 4.69) is 5.32 Å². The van der Waals surface area contributed by atoms with Gasteiger partial charge in [-0.15, -0.1) is 0 Å². The molecule has 1 atom stereocenters. The van der Waals surface area contributed by atoms with Crippen LogP contribution in [0.5, 0.6) is 5.75 Å². The monoisotopic (exact) mass is 528 g/mol. The number of primary amides is 1. The zero-order valence-electron chi connectivity index (χ0n) is 21.4. The number of halogens is 2. The first-order chi connectivity index (χ1) is 17.6. The molecular weight excluding hydrogens is 495 g/mol. The highest BCUT2D eigenvalue weighted by Crippen LogP contribution is 2.39. The summed E-state index contributed by atoms with van der Waals surface area (Å²) in [6.45, 7) is 5.16. The van der Waals surface area contributed by atoms with Crippen molar-refractivity contribution in [3.8, 4) is 16.9 Å². The molecule has 0 spiro atoms. The van der Waals surface area contributed by atoms with Crippen molar-refractivity contribution in [2.24, 2.45) is 5.73 Å². The Labute approximate surface area is 222 Å². The van der Waals surface area contributed by atoms with Crippen molar-refractivity contribution in [2.45, 2.75) is 31.8 Å². The smallest absolute Gasteiger partial charge is 0.249 e. The topological polar surface area (TPSA) is 93.8 Å². The Bertz CT molecular complexity index is 1200. The van der Waals surface area contributed by atoms with Gasteiger partial charge in [-0.2, -0.15) is 0 Å². The lowest BCUT2D eigenvalue weighted by atomic mass is 9.88. The van der Waals surface area contributed by atoms with Gasteiger partial charge in [-0.05, 0) is 62.2 Å². The van der Waals surface area contributed by atoms with E-state index in [1.54, 1.807) is 26.0 Å². The first-order valence-corrected chi connectivity index (χ1v) is 12.5. The Balaban J connectivity index is 2.05. The van der Waals surface area contributed by atoms with E-state index in [-0.39, 0.29) is 41.0 Å². The number of aliphatic hydroxyl groups is 1. The molecule has 3 rings (SSSR count). The summed E-state index contributed by atoms with van der Waals surface area (Å²) >= 11 is 6.56. The van der Waals surface area contributed by atoms with E-state index in [9.17, 15) is 9.90 Å². The lowest BCUT2D eigenvalue weighted by Gasteiger charge is -2.22. The number of carbonyl (C=O) groups excluding carboxylic acids is 1. The number of benzene rings is 3. The first-order valence-electron chi connectivity index (χ1n) is 12.1. The molecule has 3 aromatic carbocycles. The van der Waals surface area contributed by atoms with Gasteiger partial charge in [0, 0.05) is 35.7 Å². The number of hydrogen-bond donors (Lipinski definition) is 3. The van der Waals surface area contributed by atoms with Crippen LogP contribution in [0.4, 0.5) is 4.39 Å². The highest BCUT2D eigenvalue weighted by Gasteiger charge is 2.23. The maximum absolute atomic E-state index is 15.7. The number of ether oxygens (including phenoxy) is 2. The molecule has 0 bridgehead atoms. The number of rotatable bonds is 13. The van der Waals surface area contributed by atoms with Gasteiger partial charge in [-0.3, -0.25) is 4.79 Å². The number of nitrogens with one attached hydrogen (secondary N) is 1. The first kappa shape index (κ1) is 28.6. The van der Waals surface area contributed by atoms with Gasteiger partial charge in [-0.25, -0.2) is 4.39 Å². The van der Waals surface area contributed by atoms with Crippen LogP contribution in [0.1, 0.15) is 47.7 Å². The Morgan fingerprint density at radius 3 is 2.49 bits per heavy atom. The molecule has 0 aliphatic rings. The van der Waals surface area contributed by atoms with Crippen LogP contribution in [0, 0.1) is 5.82 Å². The molecule has 0 saturated carbocycles. The number of carbonyl (C=O) groups is 1. The lowest BCUT2D eigenvalue weighted by Crippen LogP contribution is -2.29. The fraction of sp³-hybridized carbons (Fsp3) is 0.345. The Kier molecular flexibility index (Phi) is 10.1. The molecule has 0 aromatic heterocycles. The molecule has 1 unspecified atom stereocenters. The Morgan fingerprint density at radius 2 is 1.84 bits per heavy atom. The van der Waals surface area contributed by atoms with E-state index in [1.165, 1.54) is 19.2 Å². The minimum atomic E-state index is -0.776. The molecule has 4 N–H and O–H groups in total. The van der Waals surface area contributed by atoms with E-state index in [1.807, 2.05) is 36.4 Å². The maximum atomic E-state index is 15.7. The SMILES string of the molecule is COCCOc1ccc(C(N)=O)c(-c2cc(C(CNCCC(C)(C)O)c3ccccc3)ccc2Cl)c1F. The van der Waals surface area contributed by atoms with Crippen molar-refractivity contribution in [1.29, 1.82) is 0 Å². The van der Waals surface area contributed by atoms with Crippen LogP contribution in [-0.2, 0) is 4.74 Å². The van der Waals surface area contributed by atoms with Crippen molar-refractivity contribution in [3.63, 3.8) is 0 Å². The predicted molar refractivity (Wildman–Crippen MR) is 145 cm³/mol. The van der Waals surface area contributed by atoms with E-state index in [4.69, 9.17) is 26.8 Å². The molecule has 0 aliphatic carbocycles. The van der Waals surface area contributed by atoms with Gasteiger partial charge in [0.25, 0.3) is 0 Å². The molecule has 0 saturated heterocycles. The summed E-state index contributed by atoms with van der Waals surface area (Å²) in [6, 6.07) is 18.1. The average Bonchev–Trinajstić information content (AvgIpc) is 2.85. The average molecular weight is 529 g/mol. The lowest BCUT2D eigenvalue weighted by molar-refractivity contribution is 0.0712. The second-order valence-corrected chi connectivity index (χ2v) is 9.88. The van der Waals surface area contributed by atoms with E-state index < -0.39 is 17.3 Å². The normalized spacial score (nSPS) is 12.4. The molecular formula is C29H34ClFN2O4. The van der Waals surface area contributed by atoms with Crippen LogP contribution in [0.3, 0.4) is 0 Å². The number of hydrogen-bond acceptors (Lipinski definition) is 5. The number of amides is 1. The van der Waals surface area contributed by atoms with Crippen molar-refractivity contribution in [3.05, 3.63) is 88.2 Å². The van der Waals surface area contributed by atoms with Crippen LogP contribution in [-0.4, -0.2) is 50.0 Å². The molecule has 1 amide bonds. The molecule has 198 valence electrons. The minimum Gasteiger partial charge on any atom is -0.488 e. The summed E-state index contributed by atoms with van der Waals surface area (Å²) < 4.78 is 26.2. The summed E-state index contributed by atoms with van der Waals surface area (Å²) in [7, 11) is 1.52. The maximum Gasteiger partial charge on any atom is 0.249 e. The Hall–Kier alpha value is -2.97. The molecule has 3 aromatic rings. The fourth-order valence-corrected chi connectivity index (χ4v) is 4.29. The van der Waals surface area contributed by atoms with Gasteiger partial charge in [0.1, 0.15) is 6.61 Å². The van der Waals surface area contributed by atoms with Crippen LogP contribution >= 0.6 is 11.6 Å². The van der Waals surface area contributed by atoms with Gasteiger partial charge in [0.15, 0.2) is 11.6 Å². The molecule has 37 heavy (non-hydrogen) atoms. The van der Waals surface area contributed by atoms with E-state index in [0.29, 0.717) is 25.1 Å². The largest absolute Gasteiger partial charge is 0.488 e. The fourth-order valence-electron chi connectivity index (χ4n) is 4.08. The molecule has 6 nitrogen and oxygen atoms in total. The summed E-state index contributed by atoms with van der Waals surface area (Å²) in [5.74, 6) is -1.61. The second-order valence-electron chi connectivity index (χ2n) is 9.47. The molecule has 0 heterocycles. The molecule has 0 aliphatic heterocycles. The van der Waals surface area contributed by atoms with Crippen molar-refractivity contribution in [1.82, 2.24) is 5.32 Å². The zero-order chi connectivity index (χ0) is 27.0. The quantitative estimate of drug-likeness (QED) is 0.267. The standard InChI is InChI=1S/C29H34ClFN2O4/c1-29(2,35)13-14-33-18-23(19-7-5-4-6-8-19)20-9-11-24(30)22(17-20)26-21(28(32)34)10-12-25(27(26)31)37-16-15-36-3/h4-12,17,23,33,35H,13-16,18H2,1-3H3,(H2,32,34). The molecule has 8 heteroatoms. The van der Waals surface area contributed by atoms with Gasteiger partial charge in [-0.1, -0.05) is 48.0 Å². The van der Waals surface area contributed by atoms with Crippen LogP contribution in [0.25, 0.3) is 11.1 Å². The predicted octanol–water partition coefficient (Wildman–Crippen LogP) is 5.15. The molecule has 0 fully saturated rings. The molecule has 0 radical (unpaired) electrons. The van der Waals surface area contributed by atoms with Gasteiger partial charge >= 0.3 is 0 Å². The third-order valence-corrected chi connectivity index (χ3v) is 6.37.